The number of benzene rings is 1. The summed E-state index contributed by atoms with van der Waals surface area (Å²) in [6.45, 7) is 11.8. The van der Waals surface area contributed by atoms with Crippen LogP contribution in [0.3, 0.4) is 0 Å². The summed E-state index contributed by atoms with van der Waals surface area (Å²) < 4.78 is 5.85. The number of rotatable bonds is 5. The number of hydrogen-bond acceptors (Lipinski definition) is 3. The van der Waals surface area contributed by atoms with Crippen LogP contribution in [-0.4, -0.2) is 42.4 Å². The van der Waals surface area contributed by atoms with E-state index in [1.54, 1.807) is 0 Å². The van der Waals surface area contributed by atoms with Crippen molar-refractivity contribution in [3.8, 4) is 5.75 Å². The summed E-state index contributed by atoms with van der Waals surface area (Å²) in [7, 11) is 0. The summed E-state index contributed by atoms with van der Waals surface area (Å²) in [6, 6.07) is 4.21. The molecular formula is C18H29NO2. The first-order chi connectivity index (χ1) is 9.95. The Bertz CT molecular complexity index is 473. The maximum absolute atomic E-state index is 10.2. The summed E-state index contributed by atoms with van der Waals surface area (Å²) in [5, 5.41) is 10.2. The van der Waals surface area contributed by atoms with Crippen LogP contribution in [0.15, 0.2) is 12.1 Å². The van der Waals surface area contributed by atoms with Gasteiger partial charge in [-0.15, -0.1) is 0 Å². The minimum absolute atomic E-state index is 0.370. The first-order valence-electron chi connectivity index (χ1n) is 8.06. The predicted octanol–water partition coefficient (Wildman–Crippen LogP) is 3.08. The average molecular weight is 291 g/mol. The molecule has 1 aliphatic heterocycles. The Labute approximate surface area is 128 Å². The molecule has 118 valence electrons. The Morgan fingerprint density at radius 1 is 1.33 bits per heavy atom. The zero-order valence-corrected chi connectivity index (χ0v) is 13.9. The molecule has 1 heterocycles. The van der Waals surface area contributed by atoms with Gasteiger partial charge in [-0.25, -0.2) is 0 Å². The van der Waals surface area contributed by atoms with Gasteiger partial charge in [-0.3, -0.25) is 0 Å². The van der Waals surface area contributed by atoms with Crippen LogP contribution in [0.1, 0.15) is 36.5 Å². The molecule has 1 aliphatic rings. The SMILES string of the molecule is Cc1cc(C)c(C)c(OC[C@@H](O)CN2CCC[C@H](C)C2)c1. The fourth-order valence-electron chi connectivity index (χ4n) is 3.14. The maximum Gasteiger partial charge on any atom is 0.122 e. The van der Waals surface area contributed by atoms with Crippen LogP contribution in [0, 0.1) is 26.7 Å². The number of ether oxygens (including phenoxy) is 1. The average Bonchev–Trinajstić information content (AvgIpc) is 2.41. The first kappa shape index (κ1) is 16.3. The van der Waals surface area contributed by atoms with Crippen molar-refractivity contribution in [1.82, 2.24) is 4.90 Å². The molecule has 1 aromatic rings. The summed E-state index contributed by atoms with van der Waals surface area (Å²) in [4.78, 5) is 2.36. The van der Waals surface area contributed by atoms with Gasteiger partial charge in [0.15, 0.2) is 0 Å². The van der Waals surface area contributed by atoms with Crippen molar-refractivity contribution in [2.24, 2.45) is 5.92 Å². The van der Waals surface area contributed by atoms with Gasteiger partial charge in [-0.2, -0.15) is 0 Å². The normalized spacial score (nSPS) is 21.3. The van der Waals surface area contributed by atoms with Gasteiger partial charge in [0.05, 0.1) is 0 Å². The zero-order valence-electron chi connectivity index (χ0n) is 13.9. The molecule has 0 aliphatic carbocycles. The summed E-state index contributed by atoms with van der Waals surface area (Å²) in [5.41, 5.74) is 3.61. The first-order valence-corrected chi connectivity index (χ1v) is 8.06. The number of piperidine rings is 1. The van der Waals surface area contributed by atoms with Crippen molar-refractivity contribution in [1.29, 1.82) is 0 Å². The van der Waals surface area contributed by atoms with E-state index in [4.69, 9.17) is 4.74 Å². The van der Waals surface area contributed by atoms with E-state index in [2.05, 4.69) is 44.7 Å². The van der Waals surface area contributed by atoms with Crippen molar-refractivity contribution in [2.45, 2.75) is 46.6 Å². The van der Waals surface area contributed by atoms with Crippen LogP contribution in [0.5, 0.6) is 5.75 Å². The fourth-order valence-corrected chi connectivity index (χ4v) is 3.14. The van der Waals surface area contributed by atoms with Crippen LogP contribution < -0.4 is 4.74 Å². The Hall–Kier alpha value is -1.06. The zero-order chi connectivity index (χ0) is 15.4. The molecular weight excluding hydrogens is 262 g/mol. The molecule has 3 heteroatoms. The van der Waals surface area contributed by atoms with Crippen molar-refractivity contribution >= 4 is 0 Å². The molecule has 0 spiro atoms. The molecule has 21 heavy (non-hydrogen) atoms. The van der Waals surface area contributed by atoms with Crippen LogP contribution in [0.2, 0.25) is 0 Å². The maximum atomic E-state index is 10.2. The number of likely N-dealkylation sites (tertiary alicyclic amines) is 1. The van der Waals surface area contributed by atoms with Gasteiger partial charge in [0, 0.05) is 13.1 Å². The van der Waals surface area contributed by atoms with Gasteiger partial charge in [0.25, 0.3) is 0 Å². The third kappa shape index (κ3) is 4.72. The van der Waals surface area contributed by atoms with E-state index in [1.165, 1.54) is 29.5 Å². The lowest BCUT2D eigenvalue weighted by Gasteiger charge is -2.32. The molecule has 0 aromatic heterocycles. The monoisotopic (exact) mass is 291 g/mol. The van der Waals surface area contributed by atoms with E-state index in [1.807, 2.05) is 0 Å². The van der Waals surface area contributed by atoms with Gasteiger partial charge >= 0.3 is 0 Å². The molecule has 1 aromatic carbocycles. The standard InChI is InChI=1S/C18H29NO2/c1-13-6-5-7-19(10-13)11-17(20)12-21-18-9-14(2)8-15(3)16(18)4/h8-9,13,17,20H,5-7,10-12H2,1-4H3/t13-,17-/m0/s1. The quantitative estimate of drug-likeness (QED) is 0.905. The van der Waals surface area contributed by atoms with Crippen LogP contribution >= 0.6 is 0 Å². The molecule has 1 fully saturated rings. The highest BCUT2D eigenvalue weighted by atomic mass is 16.5. The Kier molecular flexibility index (Phi) is 5.65. The number of aliphatic hydroxyl groups excluding tert-OH is 1. The van der Waals surface area contributed by atoms with E-state index < -0.39 is 6.10 Å². The van der Waals surface area contributed by atoms with Gasteiger partial charge in [-0.1, -0.05) is 13.0 Å². The van der Waals surface area contributed by atoms with Crippen molar-refractivity contribution in [3.05, 3.63) is 28.8 Å². The molecule has 0 amide bonds. The third-order valence-electron chi connectivity index (χ3n) is 4.41. The summed E-state index contributed by atoms with van der Waals surface area (Å²) >= 11 is 0. The van der Waals surface area contributed by atoms with E-state index in [9.17, 15) is 5.11 Å². The second-order valence-corrected chi connectivity index (χ2v) is 6.68. The predicted molar refractivity (Wildman–Crippen MR) is 87.0 cm³/mol. The minimum Gasteiger partial charge on any atom is -0.491 e. The third-order valence-corrected chi connectivity index (χ3v) is 4.41. The number of hydrogen-bond donors (Lipinski definition) is 1. The summed E-state index contributed by atoms with van der Waals surface area (Å²) in [6.07, 6.45) is 2.13. The van der Waals surface area contributed by atoms with E-state index >= 15 is 0 Å². The number of aryl methyl sites for hydroxylation is 2. The van der Waals surface area contributed by atoms with Crippen LogP contribution in [-0.2, 0) is 0 Å². The van der Waals surface area contributed by atoms with Gasteiger partial charge < -0.3 is 14.7 Å². The molecule has 2 atom stereocenters. The van der Waals surface area contributed by atoms with Crippen molar-refractivity contribution < 1.29 is 9.84 Å². The fraction of sp³-hybridized carbons (Fsp3) is 0.667. The second-order valence-electron chi connectivity index (χ2n) is 6.68. The lowest BCUT2D eigenvalue weighted by Crippen LogP contribution is -2.41. The van der Waals surface area contributed by atoms with Crippen molar-refractivity contribution in [2.75, 3.05) is 26.2 Å². The highest BCUT2D eigenvalue weighted by molar-refractivity contribution is 5.41. The topological polar surface area (TPSA) is 32.7 Å². The number of aliphatic hydroxyl groups is 1. The molecule has 0 bridgehead atoms. The largest absolute Gasteiger partial charge is 0.491 e. The molecule has 0 radical (unpaired) electrons. The molecule has 3 nitrogen and oxygen atoms in total. The molecule has 0 saturated carbocycles. The highest BCUT2D eigenvalue weighted by Gasteiger charge is 2.19. The minimum atomic E-state index is -0.421. The molecule has 0 unspecified atom stereocenters. The second kappa shape index (κ2) is 7.28. The smallest absolute Gasteiger partial charge is 0.122 e. The highest BCUT2D eigenvalue weighted by Crippen LogP contribution is 2.23. The summed E-state index contributed by atoms with van der Waals surface area (Å²) in [5.74, 6) is 1.65. The molecule has 2 rings (SSSR count). The lowest BCUT2D eigenvalue weighted by atomic mass is 10.00. The van der Waals surface area contributed by atoms with Crippen molar-refractivity contribution in [3.63, 3.8) is 0 Å². The Balaban J connectivity index is 1.85. The molecule has 1 N–H and O–H groups in total. The van der Waals surface area contributed by atoms with E-state index in [-0.39, 0.29) is 0 Å². The number of nitrogens with zero attached hydrogens (tertiary/aromatic N) is 1. The van der Waals surface area contributed by atoms with Gasteiger partial charge in [0.1, 0.15) is 18.5 Å². The Morgan fingerprint density at radius 3 is 2.81 bits per heavy atom. The van der Waals surface area contributed by atoms with Gasteiger partial charge in [0.2, 0.25) is 0 Å². The van der Waals surface area contributed by atoms with Crippen LogP contribution in [0.25, 0.3) is 0 Å². The van der Waals surface area contributed by atoms with Gasteiger partial charge in [-0.05, 0) is 68.8 Å². The molecule has 1 saturated heterocycles. The number of β-amino-alcohol motifs (C(OH)–C–C–N with tert-alkyl or cyclic N) is 1. The van der Waals surface area contributed by atoms with E-state index in [0.29, 0.717) is 13.2 Å². The van der Waals surface area contributed by atoms with Crippen LogP contribution in [0.4, 0.5) is 0 Å². The van der Waals surface area contributed by atoms with E-state index in [0.717, 1.165) is 24.8 Å². The lowest BCUT2D eigenvalue weighted by molar-refractivity contribution is 0.0535. The Morgan fingerprint density at radius 2 is 2.10 bits per heavy atom.